The monoisotopic (exact) mass is 465 g/mol. The van der Waals surface area contributed by atoms with Gasteiger partial charge >= 0.3 is 5.97 Å². The van der Waals surface area contributed by atoms with Crippen molar-refractivity contribution < 1.29 is 24.9 Å². The summed E-state index contributed by atoms with van der Waals surface area (Å²) in [6.07, 6.45) is 18.9. The summed E-state index contributed by atoms with van der Waals surface area (Å²) >= 11 is 0. The van der Waals surface area contributed by atoms with Crippen molar-refractivity contribution in [3.05, 3.63) is 29.8 Å². The van der Waals surface area contributed by atoms with Gasteiger partial charge in [0.05, 0.1) is 11.5 Å². The zero-order valence-corrected chi connectivity index (χ0v) is 20.9. The fourth-order valence-electron chi connectivity index (χ4n) is 3.67. The van der Waals surface area contributed by atoms with Gasteiger partial charge in [0.25, 0.3) is 5.97 Å². The van der Waals surface area contributed by atoms with Crippen LogP contribution in [0.1, 0.15) is 114 Å². The molecule has 1 rings (SSSR count). The van der Waals surface area contributed by atoms with Crippen LogP contribution < -0.4 is 5.32 Å². The van der Waals surface area contributed by atoms with Gasteiger partial charge < -0.3 is 25.4 Å². The molecule has 6 nitrogen and oxygen atoms in total. The maximum absolute atomic E-state index is 12.0. The topological polar surface area (TPSA) is 99.0 Å². The van der Waals surface area contributed by atoms with E-state index in [-0.39, 0.29) is 6.61 Å². The highest BCUT2D eigenvalue weighted by Gasteiger charge is 2.29. The highest BCUT2D eigenvalue weighted by Crippen LogP contribution is 2.15. The zero-order valence-electron chi connectivity index (χ0n) is 20.9. The lowest BCUT2D eigenvalue weighted by atomic mass is 10.0. The van der Waals surface area contributed by atoms with E-state index in [1.165, 1.54) is 90.4 Å². The van der Waals surface area contributed by atoms with Crippen molar-refractivity contribution in [2.75, 3.05) is 18.5 Å². The molecular formula is C27H47NO5. The van der Waals surface area contributed by atoms with E-state index in [4.69, 9.17) is 20.1 Å². The molecule has 0 aliphatic heterocycles. The SMILES string of the molecule is CCCCCCCCCCCCCCCCNc1ccc(C(=O)OCC(C)C(O)(O)O)cc1. The van der Waals surface area contributed by atoms with Gasteiger partial charge in [-0.2, -0.15) is 0 Å². The number of esters is 1. The summed E-state index contributed by atoms with van der Waals surface area (Å²) in [5.41, 5.74) is 1.33. The summed E-state index contributed by atoms with van der Waals surface area (Å²) in [5.74, 6) is -4.43. The first-order chi connectivity index (χ1) is 15.8. The first-order valence-corrected chi connectivity index (χ1v) is 13.0. The van der Waals surface area contributed by atoms with Crippen LogP contribution >= 0.6 is 0 Å². The number of carbonyl (C=O) groups excluding carboxylic acids is 1. The molecule has 1 atom stereocenters. The fourth-order valence-corrected chi connectivity index (χ4v) is 3.67. The minimum atomic E-state index is -2.86. The first-order valence-electron chi connectivity index (χ1n) is 13.0. The summed E-state index contributed by atoms with van der Waals surface area (Å²) in [6.45, 7) is 4.26. The van der Waals surface area contributed by atoms with Crippen LogP contribution in [-0.4, -0.2) is 40.4 Å². The van der Waals surface area contributed by atoms with Crippen LogP contribution in [-0.2, 0) is 4.74 Å². The Balaban J connectivity index is 2.00. The lowest BCUT2D eigenvalue weighted by Gasteiger charge is -2.21. The van der Waals surface area contributed by atoms with Crippen LogP contribution in [0.15, 0.2) is 24.3 Å². The van der Waals surface area contributed by atoms with Crippen LogP contribution in [0.25, 0.3) is 0 Å². The third kappa shape index (κ3) is 15.0. The van der Waals surface area contributed by atoms with Gasteiger partial charge in [-0.3, -0.25) is 0 Å². The number of hydrogen-bond acceptors (Lipinski definition) is 6. The molecule has 0 amide bonds. The maximum atomic E-state index is 12.0. The second-order valence-corrected chi connectivity index (χ2v) is 9.29. The summed E-state index contributed by atoms with van der Waals surface area (Å²) in [6, 6.07) is 7.01. The Morgan fingerprint density at radius 3 is 1.73 bits per heavy atom. The van der Waals surface area contributed by atoms with E-state index >= 15 is 0 Å². The Hall–Kier alpha value is -1.63. The summed E-state index contributed by atoms with van der Waals surface area (Å²) in [7, 11) is 0. The molecule has 33 heavy (non-hydrogen) atoms. The molecule has 0 fully saturated rings. The molecular weight excluding hydrogens is 418 g/mol. The minimum Gasteiger partial charge on any atom is -0.461 e. The Morgan fingerprint density at radius 2 is 1.27 bits per heavy atom. The van der Waals surface area contributed by atoms with Crippen LogP contribution in [0, 0.1) is 5.92 Å². The highest BCUT2D eigenvalue weighted by atomic mass is 16.7. The molecule has 4 N–H and O–H groups in total. The first kappa shape index (κ1) is 29.4. The smallest absolute Gasteiger partial charge is 0.338 e. The summed E-state index contributed by atoms with van der Waals surface area (Å²) < 4.78 is 5.01. The summed E-state index contributed by atoms with van der Waals surface area (Å²) in [5, 5.41) is 30.5. The predicted molar refractivity (Wildman–Crippen MR) is 134 cm³/mol. The molecule has 0 heterocycles. The third-order valence-electron chi connectivity index (χ3n) is 6.11. The number of rotatable bonds is 20. The quantitative estimate of drug-likeness (QED) is 0.107. The van der Waals surface area contributed by atoms with E-state index in [9.17, 15) is 4.79 Å². The van der Waals surface area contributed by atoms with Crippen molar-refractivity contribution in [3.63, 3.8) is 0 Å². The van der Waals surface area contributed by atoms with Gasteiger partial charge in [-0.05, 0) is 30.7 Å². The molecule has 0 bridgehead atoms. The average molecular weight is 466 g/mol. The van der Waals surface area contributed by atoms with Gasteiger partial charge in [-0.15, -0.1) is 0 Å². The molecule has 0 aliphatic carbocycles. The fraction of sp³-hybridized carbons (Fsp3) is 0.741. The van der Waals surface area contributed by atoms with Crippen LogP contribution in [0.4, 0.5) is 5.69 Å². The lowest BCUT2D eigenvalue weighted by molar-refractivity contribution is -0.342. The number of anilines is 1. The number of aliphatic hydroxyl groups is 3. The molecule has 0 aliphatic rings. The number of carbonyl (C=O) groups is 1. The minimum absolute atomic E-state index is 0.290. The molecule has 1 aromatic carbocycles. The lowest BCUT2D eigenvalue weighted by Crippen LogP contribution is -2.38. The molecule has 0 spiro atoms. The van der Waals surface area contributed by atoms with Crippen LogP contribution in [0.5, 0.6) is 0 Å². The number of ether oxygens (including phenoxy) is 1. The van der Waals surface area contributed by atoms with E-state index in [1.54, 1.807) is 12.1 Å². The van der Waals surface area contributed by atoms with E-state index in [1.807, 2.05) is 12.1 Å². The standard InChI is InChI=1S/C27H47NO5/c1-3-4-5-6-7-8-9-10-11-12-13-14-15-16-21-28-25-19-17-24(18-20-25)26(29)33-22-23(2)27(30,31)32/h17-20,23,28,30-32H,3-16,21-22H2,1-2H3. The normalized spacial score (nSPS) is 12.5. The zero-order chi connectivity index (χ0) is 24.4. The van der Waals surface area contributed by atoms with Crippen molar-refractivity contribution in [1.82, 2.24) is 0 Å². The van der Waals surface area contributed by atoms with E-state index in [0.717, 1.165) is 18.7 Å². The van der Waals surface area contributed by atoms with Gasteiger partial charge in [0, 0.05) is 12.2 Å². The highest BCUT2D eigenvalue weighted by molar-refractivity contribution is 5.89. The Bertz CT molecular complexity index is 612. The molecule has 0 saturated carbocycles. The van der Waals surface area contributed by atoms with E-state index in [0.29, 0.717) is 5.56 Å². The van der Waals surface area contributed by atoms with Crippen LogP contribution in [0.2, 0.25) is 0 Å². The van der Waals surface area contributed by atoms with Crippen molar-refractivity contribution in [1.29, 1.82) is 0 Å². The summed E-state index contributed by atoms with van der Waals surface area (Å²) in [4.78, 5) is 12.0. The molecule has 0 saturated heterocycles. The molecule has 6 heteroatoms. The Morgan fingerprint density at radius 1 is 0.818 bits per heavy atom. The van der Waals surface area contributed by atoms with Crippen molar-refractivity contribution in [2.24, 2.45) is 5.92 Å². The molecule has 0 aromatic heterocycles. The number of nitrogens with one attached hydrogen (secondary N) is 1. The van der Waals surface area contributed by atoms with Gasteiger partial charge in [0.2, 0.25) is 0 Å². The van der Waals surface area contributed by atoms with Crippen molar-refractivity contribution in [2.45, 2.75) is 110 Å². The maximum Gasteiger partial charge on any atom is 0.338 e. The molecule has 1 aromatic rings. The Kier molecular flexibility index (Phi) is 15.9. The second kappa shape index (κ2) is 17.8. The molecule has 1 unspecified atom stereocenters. The van der Waals surface area contributed by atoms with Gasteiger partial charge in [0.15, 0.2) is 0 Å². The van der Waals surface area contributed by atoms with Crippen molar-refractivity contribution in [3.8, 4) is 0 Å². The molecule has 190 valence electrons. The largest absolute Gasteiger partial charge is 0.461 e. The predicted octanol–water partition coefficient (Wildman–Crippen LogP) is 6.00. The van der Waals surface area contributed by atoms with Gasteiger partial charge in [0.1, 0.15) is 6.61 Å². The van der Waals surface area contributed by atoms with E-state index < -0.39 is 17.9 Å². The molecule has 0 radical (unpaired) electrons. The van der Waals surface area contributed by atoms with Crippen molar-refractivity contribution >= 4 is 11.7 Å². The van der Waals surface area contributed by atoms with E-state index in [2.05, 4.69) is 12.2 Å². The number of benzene rings is 1. The van der Waals surface area contributed by atoms with Gasteiger partial charge in [-0.25, -0.2) is 4.79 Å². The third-order valence-corrected chi connectivity index (χ3v) is 6.11. The number of hydrogen-bond donors (Lipinski definition) is 4. The van der Waals surface area contributed by atoms with Gasteiger partial charge in [-0.1, -0.05) is 97.3 Å². The number of unbranched alkanes of at least 4 members (excludes halogenated alkanes) is 13. The second-order valence-electron chi connectivity index (χ2n) is 9.29. The Labute approximate surface area is 200 Å². The average Bonchev–Trinajstić information content (AvgIpc) is 2.79. The van der Waals surface area contributed by atoms with Crippen LogP contribution in [0.3, 0.4) is 0 Å².